The van der Waals surface area contributed by atoms with Gasteiger partial charge in [0.2, 0.25) is 10.0 Å². The van der Waals surface area contributed by atoms with Crippen molar-refractivity contribution in [3.63, 3.8) is 0 Å². The van der Waals surface area contributed by atoms with Crippen molar-refractivity contribution in [3.05, 3.63) is 29.8 Å². The lowest BCUT2D eigenvalue weighted by Gasteiger charge is -2.34. The molecule has 1 fully saturated rings. The molecule has 5 nitrogen and oxygen atoms in total. The highest BCUT2D eigenvalue weighted by molar-refractivity contribution is 7.89. The van der Waals surface area contributed by atoms with Crippen LogP contribution < -0.4 is 5.32 Å². The van der Waals surface area contributed by atoms with E-state index in [1.165, 1.54) is 32.6 Å². The molecule has 6 heteroatoms. The number of carbonyl (C=O) groups is 1. The van der Waals surface area contributed by atoms with Gasteiger partial charge in [0.1, 0.15) is 0 Å². The largest absolute Gasteiger partial charge is 0.349 e. The van der Waals surface area contributed by atoms with Gasteiger partial charge in [-0.25, -0.2) is 12.7 Å². The maximum atomic E-state index is 12.4. The van der Waals surface area contributed by atoms with Crippen molar-refractivity contribution in [2.45, 2.75) is 44.0 Å². The summed E-state index contributed by atoms with van der Waals surface area (Å²) >= 11 is 0. The summed E-state index contributed by atoms with van der Waals surface area (Å²) in [7, 11) is -0.486. The molecule has 128 valence electrons. The Balaban J connectivity index is 2.09. The molecule has 1 saturated carbocycles. The zero-order chi connectivity index (χ0) is 17.2. The standard InChI is InChI=1S/C17H26N2O3S/c1-12-6-5-7-16(13(12)2)18-17(20)14-8-10-15(11-9-14)23(21,22)19(3)4/h8-13,16H,5-7H2,1-4H3,(H,18,20)/t12-,13-,16-/m1/s1. The average Bonchev–Trinajstić information content (AvgIpc) is 2.51. The molecule has 0 radical (unpaired) electrons. The summed E-state index contributed by atoms with van der Waals surface area (Å²) in [5, 5.41) is 3.10. The number of amides is 1. The van der Waals surface area contributed by atoms with Gasteiger partial charge < -0.3 is 5.32 Å². The lowest BCUT2D eigenvalue weighted by Crippen LogP contribution is -2.43. The average molecular weight is 338 g/mol. The molecule has 1 aromatic carbocycles. The number of carbonyl (C=O) groups excluding carboxylic acids is 1. The number of hydrogen-bond acceptors (Lipinski definition) is 3. The van der Waals surface area contributed by atoms with Gasteiger partial charge in [0.05, 0.1) is 4.90 Å². The molecular formula is C17H26N2O3S. The molecule has 0 spiro atoms. The number of sulfonamides is 1. The van der Waals surface area contributed by atoms with Crippen LogP contribution >= 0.6 is 0 Å². The molecule has 23 heavy (non-hydrogen) atoms. The molecule has 1 aliphatic carbocycles. The lowest BCUT2D eigenvalue weighted by atomic mass is 9.78. The van der Waals surface area contributed by atoms with Crippen molar-refractivity contribution >= 4 is 15.9 Å². The summed E-state index contributed by atoms with van der Waals surface area (Å²) in [6.45, 7) is 4.41. The molecule has 0 unspecified atom stereocenters. The number of rotatable bonds is 4. The van der Waals surface area contributed by atoms with Crippen molar-refractivity contribution in [3.8, 4) is 0 Å². The molecule has 0 aliphatic heterocycles. The third-order valence-electron chi connectivity index (χ3n) is 4.92. The molecule has 0 aromatic heterocycles. The van der Waals surface area contributed by atoms with E-state index in [1.54, 1.807) is 12.1 Å². The van der Waals surface area contributed by atoms with Crippen molar-refractivity contribution in [2.24, 2.45) is 11.8 Å². The molecule has 1 amide bonds. The molecule has 0 bridgehead atoms. The second-order valence-electron chi connectivity index (χ2n) is 6.66. The van der Waals surface area contributed by atoms with E-state index in [0.29, 0.717) is 17.4 Å². The van der Waals surface area contributed by atoms with Crippen molar-refractivity contribution < 1.29 is 13.2 Å². The maximum Gasteiger partial charge on any atom is 0.251 e. The Hall–Kier alpha value is -1.40. The maximum absolute atomic E-state index is 12.4. The summed E-state index contributed by atoms with van der Waals surface area (Å²) < 4.78 is 25.2. The highest BCUT2D eigenvalue weighted by Crippen LogP contribution is 2.29. The first-order valence-electron chi connectivity index (χ1n) is 8.07. The molecule has 1 aliphatic rings. The van der Waals surface area contributed by atoms with Crippen LogP contribution in [0, 0.1) is 11.8 Å². The zero-order valence-electron chi connectivity index (χ0n) is 14.2. The van der Waals surface area contributed by atoms with Crippen LogP contribution in [0.4, 0.5) is 0 Å². The summed E-state index contributed by atoms with van der Waals surface area (Å²) in [6, 6.07) is 6.30. The van der Waals surface area contributed by atoms with Crippen LogP contribution in [-0.4, -0.2) is 38.8 Å². The molecule has 1 N–H and O–H groups in total. The van der Waals surface area contributed by atoms with Crippen LogP contribution in [0.15, 0.2) is 29.2 Å². The normalized spacial score (nSPS) is 25.3. The van der Waals surface area contributed by atoms with Gasteiger partial charge in [-0.2, -0.15) is 0 Å². The number of nitrogens with one attached hydrogen (secondary N) is 1. The van der Waals surface area contributed by atoms with E-state index in [4.69, 9.17) is 0 Å². The van der Waals surface area contributed by atoms with E-state index >= 15 is 0 Å². The number of nitrogens with zero attached hydrogens (tertiary/aromatic N) is 1. The van der Waals surface area contributed by atoms with Crippen LogP contribution in [0.2, 0.25) is 0 Å². The topological polar surface area (TPSA) is 66.5 Å². The Morgan fingerprint density at radius 2 is 1.74 bits per heavy atom. The third-order valence-corrected chi connectivity index (χ3v) is 6.75. The minimum absolute atomic E-state index is 0.134. The summed E-state index contributed by atoms with van der Waals surface area (Å²) in [5.74, 6) is 0.938. The fourth-order valence-corrected chi connectivity index (χ4v) is 3.93. The fourth-order valence-electron chi connectivity index (χ4n) is 3.03. The van der Waals surface area contributed by atoms with E-state index in [0.717, 1.165) is 17.1 Å². The first kappa shape index (κ1) is 17.9. The van der Waals surface area contributed by atoms with Gasteiger partial charge in [-0.15, -0.1) is 0 Å². The molecule has 3 atom stereocenters. The summed E-state index contributed by atoms with van der Waals surface area (Å²) in [4.78, 5) is 12.6. The molecular weight excluding hydrogens is 312 g/mol. The second-order valence-corrected chi connectivity index (χ2v) is 8.81. The van der Waals surface area contributed by atoms with Gasteiger partial charge in [0, 0.05) is 25.7 Å². The smallest absolute Gasteiger partial charge is 0.251 e. The monoisotopic (exact) mass is 338 g/mol. The number of benzene rings is 1. The highest BCUT2D eigenvalue weighted by atomic mass is 32.2. The van der Waals surface area contributed by atoms with Crippen LogP contribution in [0.5, 0.6) is 0 Å². The van der Waals surface area contributed by atoms with Crippen LogP contribution in [0.3, 0.4) is 0 Å². The highest BCUT2D eigenvalue weighted by Gasteiger charge is 2.28. The van der Waals surface area contributed by atoms with Crippen molar-refractivity contribution in [1.29, 1.82) is 0 Å². The minimum atomic E-state index is -3.46. The summed E-state index contributed by atoms with van der Waals surface area (Å²) in [6.07, 6.45) is 3.35. The van der Waals surface area contributed by atoms with Gasteiger partial charge in [-0.05, 0) is 42.5 Å². The van der Waals surface area contributed by atoms with Crippen LogP contribution in [-0.2, 0) is 10.0 Å². The Morgan fingerprint density at radius 1 is 1.13 bits per heavy atom. The first-order chi connectivity index (χ1) is 10.7. The van der Waals surface area contributed by atoms with Gasteiger partial charge in [-0.1, -0.05) is 26.7 Å². The third kappa shape index (κ3) is 3.93. The predicted octanol–water partition coefficient (Wildman–Crippen LogP) is 2.49. The van der Waals surface area contributed by atoms with E-state index in [2.05, 4.69) is 19.2 Å². The van der Waals surface area contributed by atoms with Gasteiger partial charge in [0.25, 0.3) is 5.91 Å². The SMILES string of the molecule is C[C@@H]1[C@H](C)CCC[C@H]1NC(=O)c1ccc(S(=O)(=O)N(C)C)cc1. The Labute approximate surface area is 139 Å². The lowest BCUT2D eigenvalue weighted by molar-refractivity contribution is 0.0891. The quantitative estimate of drug-likeness (QED) is 0.917. The van der Waals surface area contributed by atoms with E-state index in [1.807, 2.05) is 0 Å². The molecule has 0 heterocycles. The number of hydrogen-bond donors (Lipinski definition) is 1. The molecule has 2 rings (SSSR count). The molecule has 0 saturated heterocycles. The van der Waals surface area contributed by atoms with Crippen molar-refractivity contribution in [2.75, 3.05) is 14.1 Å². The minimum Gasteiger partial charge on any atom is -0.349 e. The Morgan fingerprint density at radius 3 is 2.30 bits per heavy atom. The van der Waals surface area contributed by atoms with E-state index < -0.39 is 10.0 Å². The van der Waals surface area contributed by atoms with Crippen LogP contribution in [0.25, 0.3) is 0 Å². The first-order valence-corrected chi connectivity index (χ1v) is 9.51. The van der Waals surface area contributed by atoms with Crippen molar-refractivity contribution in [1.82, 2.24) is 9.62 Å². The Bertz CT molecular complexity index is 653. The second kappa shape index (κ2) is 7.01. The molecule has 1 aromatic rings. The van der Waals surface area contributed by atoms with Gasteiger partial charge in [-0.3, -0.25) is 4.79 Å². The van der Waals surface area contributed by atoms with Crippen LogP contribution in [0.1, 0.15) is 43.5 Å². The van der Waals surface area contributed by atoms with Gasteiger partial charge in [0.15, 0.2) is 0 Å². The van der Waals surface area contributed by atoms with E-state index in [9.17, 15) is 13.2 Å². The fraction of sp³-hybridized carbons (Fsp3) is 0.588. The Kier molecular flexibility index (Phi) is 5.47. The predicted molar refractivity (Wildman–Crippen MR) is 90.7 cm³/mol. The van der Waals surface area contributed by atoms with E-state index in [-0.39, 0.29) is 16.8 Å². The summed E-state index contributed by atoms with van der Waals surface area (Å²) in [5.41, 5.74) is 0.494. The van der Waals surface area contributed by atoms with Gasteiger partial charge >= 0.3 is 0 Å². The zero-order valence-corrected chi connectivity index (χ0v) is 15.1.